The minimum absolute atomic E-state index is 0.0301. The van der Waals surface area contributed by atoms with Crippen LogP contribution in [0, 0.1) is 17.3 Å². The zero-order valence-electron chi connectivity index (χ0n) is 10.6. The molecule has 0 aromatic carbocycles. The van der Waals surface area contributed by atoms with E-state index in [-0.39, 0.29) is 23.4 Å². The van der Waals surface area contributed by atoms with E-state index in [0.29, 0.717) is 6.42 Å². The molecule has 0 aliphatic heterocycles. The zero-order valence-corrected chi connectivity index (χ0v) is 10.6. The van der Waals surface area contributed by atoms with Crippen molar-refractivity contribution >= 4 is 11.6 Å². The minimum atomic E-state index is -0.406. The maximum Gasteiger partial charge on any atom is 0.148 e. The lowest BCUT2D eigenvalue weighted by atomic mass is 9.71. The van der Waals surface area contributed by atoms with Crippen molar-refractivity contribution in [1.82, 2.24) is 0 Å². The summed E-state index contributed by atoms with van der Waals surface area (Å²) in [5, 5.41) is 0. The Morgan fingerprint density at radius 3 is 2.56 bits per heavy atom. The molecule has 1 saturated carbocycles. The Morgan fingerprint density at radius 2 is 2.06 bits per heavy atom. The largest absolute Gasteiger partial charge is 0.299 e. The quantitative estimate of drug-likeness (QED) is 0.543. The van der Waals surface area contributed by atoms with E-state index >= 15 is 0 Å². The van der Waals surface area contributed by atoms with Crippen LogP contribution in [-0.4, -0.2) is 11.6 Å². The van der Waals surface area contributed by atoms with Gasteiger partial charge in [0.15, 0.2) is 0 Å². The first-order valence-corrected chi connectivity index (χ1v) is 6.07. The molecule has 0 amide bonds. The molecule has 2 atom stereocenters. The monoisotopic (exact) mass is 222 g/mol. The second kappa shape index (κ2) is 4.94. The van der Waals surface area contributed by atoms with E-state index in [1.807, 2.05) is 20.8 Å². The SMILES string of the molecule is C=CCC1CCCC(C(=O)C(C)(C)C)C1=O. The molecule has 2 heteroatoms. The summed E-state index contributed by atoms with van der Waals surface area (Å²) < 4.78 is 0. The number of hydrogen-bond acceptors (Lipinski definition) is 2. The van der Waals surface area contributed by atoms with Crippen molar-refractivity contribution in [3.63, 3.8) is 0 Å². The number of rotatable bonds is 3. The molecule has 1 fully saturated rings. The Labute approximate surface area is 98.1 Å². The Bertz CT molecular complexity index is 296. The summed E-state index contributed by atoms with van der Waals surface area (Å²) in [4.78, 5) is 24.3. The van der Waals surface area contributed by atoms with Crippen LogP contribution in [0.4, 0.5) is 0 Å². The van der Waals surface area contributed by atoms with Gasteiger partial charge in [0.2, 0.25) is 0 Å². The summed E-state index contributed by atoms with van der Waals surface area (Å²) in [6.07, 6.45) is 5.14. The molecule has 0 aromatic rings. The fourth-order valence-corrected chi connectivity index (χ4v) is 2.36. The maximum atomic E-state index is 12.1. The van der Waals surface area contributed by atoms with Crippen molar-refractivity contribution in [2.24, 2.45) is 17.3 Å². The topological polar surface area (TPSA) is 34.1 Å². The van der Waals surface area contributed by atoms with Crippen LogP contribution in [0.3, 0.4) is 0 Å². The van der Waals surface area contributed by atoms with Crippen molar-refractivity contribution < 1.29 is 9.59 Å². The van der Waals surface area contributed by atoms with Crippen LogP contribution in [0.25, 0.3) is 0 Å². The summed E-state index contributed by atoms with van der Waals surface area (Å²) in [5.41, 5.74) is -0.406. The number of ketones is 2. The van der Waals surface area contributed by atoms with Gasteiger partial charge in [0.25, 0.3) is 0 Å². The third kappa shape index (κ3) is 2.81. The first-order valence-electron chi connectivity index (χ1n) is 6.07. The lowest BCUT2D eigenvalue weighted by Gasteiger charge is -2.30. The first-order chi connectivity index (χ1) is 7.38. The van der Waals surface area contributed by atoms with Crippen LogP contribution < -0.4 is 0 Å². The van der Waals surface area contributed by atoms with Crippen molar-refractivity contribution in [1.29, 1.82) is 0 Å². The Morgan fingerprint density at radius 1 is 1.44 bits per heavy atom. The third-order valence-electron chi connectivity index (χ3n) is 3.30. The second-order valence-electron chi connectivity index (χ2n) is 5.72. The van der Waals surface area contributed by atoms with Gasteiger partial charge < -0.3 is 0 Å². The van der Waals surface area contributed by atoms with Gasteiger partial charge in [-0.05, 0) is 19.3 Å². The molecule has 0 N–H and O–H groups in total. The Hall–Kier alpha value is -0.920. The van der Waals surface area contributed by atoms with Crippen LogP contribution in [0.1, 0.15) is 46.5 Å². The average Bonchev–Trinajstić information content (AvgIpc) is 2.19. The van der Waals surface area contributed by atoms with Crippen LogP contribution in [0.2, 0.25) is 0 Å². The fourth-order valence-electron chi connectivity index (χ4n) is 2.36. The predicted molar refractivity (Wildman–Crippen MR) is 65.1 cm³/mol. The first kappa shape index (κ1) is 13.1. The summed E-state index contributed by atoms with van der Waals surface area (Å²) >= 11 is 0. The lowest BCUT2D eigenvalue weighted by molar-refractivity contribution is -0.141. The van der Waals surface area contributed by atoms with Crippen LogP contribution >= 0.6 is 0 Å². The molecular formula is C14H22O2. The third-order valence-corrected chi connectivity index (χ3v) is 3.30. The van der Waals surface area contributed by atoms with Gasteiger partial charge in [-0.15, -0.1) is 6.58 Å². The van der Waals surface area contributed by atoms with Gasteiger partial charge in [-0.1, -0.05) is 33.3 Å². The molecule has 0 bridgehead atoms. The van der Waals surface area contributed by atoms with E-state index < -0.39 is 5.41 Å². The number of allylic oxidation sites excluding steroid dienone is 1. The molecular weight excluding hydrogens is 200 g/mol. The van der Waals surface area contributed by atoms with Gasteiger partial charge in [-0.3, -0.25) is 9.59 Å². The molecule has 0 spiro atoms. The highest BCUT2D eigenvalue weighted by Gasteiger charge is 2.39. The van der Waals surface area contributed by atoms with Gasteiger partial charge >= 0.3 is 0 Å². The molecule has 0 heterocycles. The molecule has 2 nitrogen and oxygen atoms in total. The number of Topliss-reactive ketones (excluding diaryl/α,β-unsaturated/α-hetero) is 2. The van der Waals surface area contributed by atoms with Gasteiger partial charge in [-0.25, -0.2) is 0 Å². The van der Waals surface area contributed by atoms with Crippen molar-refractivity contribution in [2.45, 2.75) is 46.5 Å². The second-order valence-corrected chi connectivity index (χ2v) is 5.72. The Balaban J connectivity index is 2.78. The van der Waals surface area contributed by atoms with Crippen molar-refractivity contribution in [3.8, 4) is 0 Å². The summed E-state index contributed by atoms with van der Waals surface area (Å²) in [6.45, 7) is 9.34. The highest BCUT2D eigenvalue weighted by Crippen LogP contribution is 2.33. The molecule has 16 heavy (non-hydrogen) atoms. The molecule has 1 aliphatic carbocycles. The highest BCUT2D eigenvalue weighted by atomic mass is 16.2. The normalized spacial score (nSPS) is 26.6. The molecule has 0 radical (unpaired) electrons. The van der Waals surface area contributed by atoms with E-state index in [2.05, 4.69) is 6.58 Å². The van der Waals surface area contributed by atoms with E-state index in [0.717, 1.165) is 19.3 Å². The smallest absolute Gasteiger partial charge is 0.148 e. The van der Waals surface area contributed by atoms with E-state index in [9.17, 15) is 9.59 Å². The molecule has 0 saturated heterocycles. The minimum Gasteiger partial charge on any atom is -0.299 e. The van der Waals surface area contributed by atoms with Gasteiger partial charge in [0.05, 0.1) is 5.92 Å². The zero-order chi connectivity index (χ0) is 12.3. The van der Waals surface area contributed by atoms with Crippen LogP contribution in [0.5, 0.6) is 0 Å². The van der Waals surface area contributed by atoms with Crippen LogP contribution in [0.15, 0.2) is 12.7 Å². The maximum absolute atomic E-state index is 12.1. The average molecular weight is 222 g/mol. The lowest BCUT2D eigenvalue weighted by Crippen LogP contribution is -2.39. The standard InChI is InChI=1S/C14H22O2/c1-5-7-10-8-6-9-11(12(10)15)13(16)14(2,3)4/h5,10-11H,1,6-9H2,2-4H3. The van der Waals surface area contributed by atoms with Crippen LogP contribution in [-0.2, 0) is 9.59 Å². The van der Waals surface area contributed by atoms with Crippen molar-refractivity contribution in [2.75, 3.05) is 0 Å². The highest BCUT2D eigenvalue weighted by molar-refractivity contribution is 6.05. The van der Waals surface area contributed by atoms with Gasteiger partial charge in [-0.2, -0.15) is 0 Å². The van der Waals surface area contributed by atoms with E-state index in [1.165, 1.54) is 0 Å². The number of carbonyl (C=O) groups excluding carboxylic acids is 2. The molecule has 0 aromatic heterocycles. The summed E-state index contributed by atoms with van der Waals surface area (Å²) in [6, 6.07) is 0. The molecule has 2 unspecified atom stereocenters. The molecule has 1 aliphatic rings. The number of carbonyl (C=O) groups is 2. The molecule has 90 valence electrons. The van der Waals surface area contributed by atoms with Crippen molar-refractivity contribution in [3.05, 3.63) is 12.7 Å². The van der Waals surface area contributed by atoms with E-state index in [1.54, 1.807) is 6.08 Å². The van der Waals surface area contributed by atoms with Gasteiger partial charge in [0.1, 0.15) is 11.6 Å². The fraction of sp³-hybridized carbons (Fsp3) is 0.714. The molecule has 1 rings (SSSR count). The number of hydrogen-bond donors (Lipinski definition) is 0. The van der Waals surface area contributed by atoms with Gasteiger partial charge in [0, 0.05) is 11.3 Å². The summed E-state index contributed by atoms with van der Waals surface area (Å²) in [5.74, 6) is -0.0846. The predicted octanol–water partition coefficient (Wildman–Crippen LogP) is 3.16. The van der Waals surface area contributed by atoms with E-state index in [4.69, 9.17) is 0 Å². The Kier molecular flexibility index (Phi) is 4.06. The summed E-state index contributed by atoms with van der Waals surface area (Å²) in [7, 11) is 0.